The molecule has 1 aromatic heterocycles. The van der Waals surface area contributed by atoms with Gasteiger partial charge in [0.25, 0.3) is 0 Å². The maximum absolute atomic E-state index is 12.3. The van der Waals surface area contributed by atoms with Crippen molar-refractivity contribution < 1.29 is 18.7 Å². The van der Waals surface area contributed by atoms with E-state index < -0.39 is 5.97 Å². The number of ketones is 1. The highest BCUT2D eigenvalue weighted by molar-refractivity contribution is 6.29. The van der Waals surface area contributed by atoms with E-state index >= 15 is 0 Å². The fraction of sp³-hybridized carbons (Fsp3) is 0.158. The van der Waals surface area contributed by atoms with Crippen LogP contribution in [0.25, 0.3) is 11.6 Å². The van der Waals surface area contributed by atoms with Gasteiger partial charge in [0.2, 0.25) is 5.78 Å². The van der Waals surface area contributed by atoms with Gasteiger partial charge in [-0.2, -0.15) is 0 Å². The monoisotopic (exact) mass is 320 g/mol. The molecular formula is C19H17BO4. The maximum atomic E-state index is 12.3. The van der Waals surface area contributed by atoms with Gasteiger partial charge < -0.3 is 9.15 Å². The summed E-state index contributed by atoms with van der Waals surface area (Å²) in [4.78, 5) is 24.0. The Hall–Kier alpha value is -2.82. The summed E-state index contributed by atoms with van der Waals surface area (Å²) in [6.07, 6.45) is 4.34. The van der Waals surface area contributed by atoms with Crippen molar-refractivity contribution >= 4 is 36.9 Å². The number of carbonyl (C=O) groups excluding carboxylic acids is 2. The Bertz CT molecular complexity index is 799. The van der Waals surface area contributed by atoms with Crippen LogP contribution in [0.1, 0.15) is 23.8 Å². The molecule has 1 aromatic carbocycles. The molecule has 120 valence electrons. The van der Waals surface area contributed by atoms with Gasteiger partial charge in [-0.1, -0.05) is 30.3 Å². The largest absolute Gasteiger partial charge is 0.473 e. The summed E-state index contributed by atoms with van der Waals surface area (Å²) >= 11 is 0. The number of carbonyl (C=O) groups is 2. The van der Waals surface area contributed by atoms with Crippen LogP contribution in [0.5, 0.6) is 0 Å². The minimum Gasteiger partial charge on any atom is -0.473 e. The molecule has 0 N–H and O–H groups in total. The van der Waals surface area contributed by atoms with Gasteiger partial charge in [-0.3, -0.25) is 4.79 Å². The van der Waals surface area contributed by atoms with E-state index in [4.69, 9.17) is 17.0 Å². The summed E-state index contributed by atoms with van der Waals surface area (Å²) in [6, 6.07) is 10.8. The van der Waals surface area contributed by atoms with Crippen molar-refractivity contribution in [3.8, 4) is 0 Å². The van der Waals surface area contributed by atoms with Crippen molar-refractivity contribution in [2.45, 2.75) is 13.8 Å². The van der Waals surface area contributed by atoms with E-state index in [0.29, 0.717) is 11.3 Å². The zero-order valence-electron chi connectivity index (χ0n) is 13.6. The third kappa shape index (κ3) is 4.59. The van der Waals surface area contributed by atoms with Crippen molar-refractivity contribution in [3.63, 3.8) is 0 Å². The van der Waals surface area contributed by atoms with Gasteiger partial charge in [0.1, 0.15) is 5.76 Å². The highest BCUT2D eigenvalue weighted by Crippen LogP contribution is 2.19. The van der Waals surface area contributed by atoms with E-state index in [1.165, 1.54) is 12.2 Å². The molecule has 1 heterocycles. The van der Waals surface area contributed by atoms with Gasteiger partial charge in [0.15, 0.2) is 14.5 Å². The Kier molecular flexibility index (Phi) is 5.96. The number of benzene rings is 1. The summed E-state index contributed by atoms with van der Waals surface area (Å²) in [5, 5.41) is 0. The van der Waals surface area contributed by atoms with Crippen LogP contribution in [0.2, 0.25) is 0 Å². The highest BCUT2D eigenvalue weighted by Gasteiger charge is 2.14. The molecule has 0 aliphatic rings. The molecule has 5 heteroatoms. The van der Waals surface area contributed by atoms with Gasteiger partial charge in [0.05, 0.1) is 0 Å². The lowest BCUT2D eigenvalue weighted by molar-refractivity contribution is -0.141. The van der Waals surface area contributed by atoms with E-state index in [9.17, 15) is 9.59 Å². The van der Waals surface area contributed by atoms with Gasteiger partial charge in [-0.15, -0.1) is 0 Å². The topological polar surface area (TPSA) is 56.5 Å². The lowest BCUT2D eigenvalue weighted by Crippen LogP contribution is -2.14. The van der Waals surface area contributed by atoms with E-state index in [1.54, 1.807) is 25.1 Å². The minimum atomic E-state index is -0.626. The molecule has 0 atom stereocenters. The number of aryl methyl sites for hydroxylation is 1. The Morgan fingerprint density at radius 3 is 2.58 bits per heavy atom. The molecule has 2 radical (unpaired) electrons. The standard InChI is InChI=1S/C19H17BO4/c1-3-15(16-7-5-4-6-13(16)2)17(21)12-23-19(22)11-9-14-8-10-18(20)24-14/h3-11H,12H2,1-2H3. The van der Waals surface area contributed by atoms with Crippen molar-refractivity contribution in [1.29, 1.82) is 0 Å². The summed E-state index contributed by atoms with van der Waals surface area (Å²) in [5.74, 6) is -0.445. The fourth-order valence-corrected chi connectivity index (χ4v) is 2.21. The van der Waals surface area contributed by atoms with Crippen LogP contribution in [0.15, 0.2) is 53.0 Å². The molecule has 24 heavy (non-hydrogen) atoms. The molecule has 0 unspecified atom stereocenters. The normalized spacial score (nSPS) is 11.7. The van der Waals surface area contributed by atoms with Crippen LogP contribution in [-0.2, 0) is 14.3 Å². The number of esters is 1. The molecule has 0 bridgehead atoms. The van der Waals surface area contributed by atoms with Crippen LogP contribution in [0, 0.1) is 6.92 Å². The molecule has 0 spiro atoms. The quantitative estimate of drug-likeness (QED) is 0.466. The highest BCUT2D eigenvalue weighted by atomic mass is 16.5. The van der Waals surface area contributed by atoms with Gasteiger partial charge in [0, 0.05) is 17.3 Å². The minimum absolute atomic E-state index is 0.254. The first-order valence-corrected chi connectivity index (χ1v) is 7.47. The summed E-state index contributed by atoms with van der Waals surface area (Å²) in [5.41, 5.74) is 2.61. The lowest BCUT2D eigenvalue weighted by atomic mass is 9.97. The second-order valence-electron chi connectivity index (χ2n) is 5.12. The third-order valence-electron chi connectivity index (χ3n) is 3.40. The average molecular weight is 320 g/mol. The van der Waals surface area contributed by atoms with E-state index in [0.717, 1.165) is 11.1 Å². The Morgan fingerprint density at radius 2 is 1.96 bits per heavy atom. The number of rotatable bonds is 6. The first-order chi connectivity index (χ1) is 11.5. The van der Waals surface area contributed by atoms with Crippen LogP contribution in [0.4, 0.5) is 0 Å². The van der Waals surface area contributed by atoms with E-state index in [1.807, 2.05) is 31.2 Å². The molecule has 0 saturated heterocycles. The predicted octanol–water partition coefficient (Wildman–Crippen LogP) is 2.61. The number of hydrogen-bond acceptors (Lipinski definition) is 4. The number of hydrogen-bond donors (Lipinski definition) is 0. The first kappa shape index (κ1) is 17.5. The predicted molar refractivity (Wildman–Crippen MR) is 93.9 cm³/mol. The van der Waals surface area contributed by atoms with Gasteiger partial charge >= 0.3 is 5.97 Å². The van der Waals surface area contributed by atoms with Crippen molar-refractivity contribution in [2.75, 3.05) is 6.61 Å². The molecule has 2 aromatic rings. The Labute approximate surface area is 142 Å². The zero-order chi connectivity index (χ0) is 17.5. The van der Waals surface area contributed by atoms with Gasteiger partial charge in [-0.05, 0) is 43.2 Å². The number of furan rings is 1. The molecule has 0 fully saturated rings. The first-order valence-electron chi connectivity index (χ1n) is 7.47. The van der Waals surface area contributed by atoms with Crippen LogP contribution in [0.3, 0.4) is 0 Å². The zero-order valence-corrected chi connectivity index (χ0v) is 13.6. The molecule has 2 rings (SSSR count). The average Bonchev–Trinajstić information content (AvgIpc) is 2.99. The van der Waals surface area contributed by atoms with Crippen LogP contribution >= 0.6 is 0 Å². The van der Waals surface area contributed by atoms with Crippen molar-refractivity contribution in [2.24, 2.45) is 0 Å². The smallest absolute Gasteiger partial charge is 0.331 e. The molecule has 4 nitrogen and oxygen atoms in total. The summed E-state index contributed by atoms with van der Waals surface area (Å²) in [6.45, 7) is 3.39. The molecule has 0 aliphatic carbocycles. The maximum Gasteiger partial charge on any atom is 0.331 e. The summed E-state index contributed by atoms with van der Waals surface area (Å²) < 4.78 is 10.1. The summed E-state index contributed by atoms with van der Waals surface area (Å²) in [7, 11) is 5.43. The Balaban J connectivity index is 1.95. The van der Waals surface area contributed by atoms with E-state index in [-0.39, 0.29) is 18.0 Å². The van der Waals surface area contributed by atoms with Crippen LogP contribution in [-0.4, -0.2) is 26.2 Å². The second-order valence-corrected chi connectivity index (χ2v) is 5.12. The Morgan fingerprint density at radius 1 is 1.21 bits per heavy atom. The van der Waals surface area contributed by atoms with Crippen LogP contribution < -0.4 is 5.66 Å². The number of ether oxygens (including phenoxy) is 1. The lowest BCUT2D eigenvalue weighted by Gasteiger charge is -2.09. The SMILES string of the molecule is [B]c1ccc(C=CC(=O)OCC(=O)C(=CC)c2ccccc2C)o1. The second kappa shape index (κ2) is 8.15. The molecule has 0 saturated carbocycles. The molecular weight excluding hydrogens is 303 g/mol. The third-order valence-corrected chi connectivity index (χ3v) is 3.40. The van der Waals surface area contributed by atoms with Crippen molar-refractivity contribution in [3.05, 3.63) is 65.4 Å². The molecule has 0 aliphatic heterocycles. The number of Topliss-reactive ketones (excluding diaryl/α,β-unsaturated/α-hetero) is 1. The van der Waals surface area contributed by atoms with Gasteiger partial charge in [-0.25, -0.2) is 4.79 Å². The van der Waals surface area contributed by atoms with E-state index in [2.05, 4.69) is 0 Å². The molecule has 0 amide bonds. The number of allylic oxidation sites excluding steroid dienone is 1. The van der Waals surface area contributed by atoms with Crippen molar-refractivity contribution in [1.82, 2.24) is 0 Å². The fourth-order valence-electron chi connectivity index (χ4n) is 2.21.